The minimum absolute atomic E-state index is 0.0709. The average Bonchev–Trinajstić information content (AvgIpc) is 2.30. The van der Waals surface area contributed by atoms with E-state index >= 15 is 0 Å². The van der Waals surface area contributed by atoms with Crippen LogP contribution in [0.4, 0.5) is 0 Å². The van der Waals surface area contributed by atoms with Gasteiger partial charge in [-0.25, -0.2) is 5.48 Å². The monoisotopic (exact) mass is 271 g/mol. The lowest BCUT2D eigenvalue weighted by atomic mass is 10.4. The van der Waals surface area contributed by atoms with Gasteiger partial charge in [-0.2, -0.15) is 0 Å². The molecule has 6 heteroatoms. The van der Waals surface area contributed by atoms with Gasteiger partial charge < -0.3 is 9.42 Å². The molecule has 0 radical (unpaired) electrons. The zero-order valence-corrected chi connectivity index (χ0v) is 10.9. The molecule has 0 aliphatic heterocycles. The summed E-state index contributed by atoms with van der Waals surface area (Å²) in [7, 11) is 0. The summed E-state index contributed by atoms with van der Waals surface area (Å²) in [5.41, 5.74) is 2.42. The van der Waals surface area contributed by atoms with Crippen LogP contribution in [0.5, 0.6) is 0 Å². The average molecular weight is 271 g/mol. The van der Waals surface area contributed by atoms with E-state index in [1.165, 1.54) is 0 Å². The number of rotatable bonds is 7. The molecule has 92 valence electrons. The van der Waals surface area contributed by atoms with E-state index in [0.29, 0.717) is 11.9 Å². The number of hydrogen-bond acceptors (Lipinski definition) is 4. The van der Waals surface area contributed by atoms with Crippen LogP contribution < -0.4 is 10.8 Å². The first kappa shape index (κ1) is 13.9. The van der Waals surface area contributed by atoms with E-state index in [9.17, 15) is 4.89 Å². The van der Waals surface area contributed by atoms with E-state index in [1.54, 1.807) is 30.3 Å². The third-order valence-electron chi connectivity index (χ3n) is 1.70. The number of hydroxylamine groups is 1. The largest absolute Gasteiger partial charge is 0.423 e. The summed E-state index contributed by atoms with van der Waals surface area (Å²) in [6, 6.07) is 8.80. The molecule has 0 aliphatic carbocycles. The molecule has 0 amide bonds. The Kier molecular flexibility index (Phi) is 5.38. The predicted molar refractivity (Wildman–Crippen MR) is 72.1 cm³/mol. The fourth-order valence-corrected chi connectivity index (χ4v) is 2.64. The molecule has 0 spiro atoms. The smallest absolute Gasteiger partial charge is 0.267 e. The highest BCUT2D eigenvalue weighted by atomic mass is 32.5. The van der Waals surface area contributed by atoms with E-state index < -0.39 is 6.49 Å². The molecule has 0 saturated heterocycles. The Bertz CT molecular complexity index is 436. The summed E-state index contributed by atoms with van der Waals surface area (Å²) in [5.74, 6) is 0.0709. The maximum Gasteiger partial charge on any atom is 0.267 e. The molecule has 2 N–H and O–H groups in total. The van der Waals surface area contributed by atoms with E-state index in [4.69, 9.17) is 21.2 Å². The second-order valence-corrected chi connectivity index (χ2v) is 6.30. The normalized spacial score (nSPS) is 13.5. The number of hydrogen-bond donors (Lipinski definition) is 2. The second kappa shape index (κ2) is 6.57. The van der Waals surface area contributed by atoms with Crippen LogP contribution in [0.25, 0.3) is 0 Å². The molecule has 0 saturated carbocycles. The third-order valence-corrected chi connectivity index (χ3v) is 3.98. The minimum Gasteiger partial charge on any atom is -0.423 e. The maximum atomic E-state index is 10.0. The van der Waals surface area contributed by atoms with Crippen molar-refractivity contribution < 1.29 is 14.3 Å². The van der Waals surface area contributed by atoms with Crippen molar-refractivity contribution in [2.45, 2.75) is 0 Å². The van der Waals surface area contributed by atoms with Crippen LogP contribution in [0.3, 0.4) is 0 Å². The summed E-state index contributed by atoms with van der Waals surface area (Å²) in [6.45, 7) is 4.24. The molecule has 4 nitrogen and oxygen atoms in total. The Balaban J connectivity index is 2.58. The van der Waals surface area contributed by atoms with Crippen LogP contribution in [-0.2, 0) is 21.2 Å². The van der Waals surface area contributed by atoms with Crippen LogP contribution >= 0.6 is 6.49 Å². The molecule has 0 fully saturated rings. The van der Waals surface area contributed by atoms with Crippen LogP contribution in [0, 0.1) is 0 Å². The Morgan fingerprint density at radius 1 is 1.47 bits per heavy atom. The molecule has 1 unspecified atom stereocenters. The highest BCUT2D eigenvalue weighted by Crippen LogP contribution is 2.42. The standard InChI is InChI=1S/C11H14NO3PS/c1-3-9-14-12-10(2)15-16(13,17)11-7-5-4-6-8-11/h3-8,12H,1-2,9H2,(H,13,17). The van der Waals surface area contributed by atoms with Crippen LogP contribution in [0.2, 0.25) is 0 Å². The third kappa shape index (κ3) is 4.71. The number of nitrogens with one attached hydrogen (secondary N) is 1. The molecule has 1 rings (SSSR count). The Hall–Kier alpha value is -1.13. The lowest BCUT2D eigenvalue weighted by Crippen LogP contribution is -2.17. The van der Waals surface area contributed by atoms with Gasteiger partial charge in [-0.1, -0.05) is 24.3 Å². The summed E-state index contributed by atoms with van der Waals surface area (Å²) in [4.78, 5) is 14.9. The zero-order valence-electron chi connectivity index (χ0n) is 9.20. The maximum absolute atomic E-state index is 10.0. The molecule has 0 aromatic heterocycles. The van der Waals surface area contributed by atoms with Crippen LogP contribution in [0.1, 0.15) is 0 Å². The topological polar surface area (TPSA) is 50.7 Å². The van der Waals surface area contributed by atoms with Crippen molar-refractivity contribution in [2.24, 2.45) is 0 Å². The highest BCUT2D eigenvalue weighted by Gasteiger charge is 2.18. The molecular weight excluding hydrogens is 257 g/mol. The van der Waals surface area contributed by atoms with Crippen molar-refractivity contribution in [3.05, 3.63) is 55.4 Å². The molecule has 0 heterocycles. The van der Waals surface area contributed by atoms with Gasteiger partial charge in [0.2, 0.25) is 5.88 Å². The Morgan fingerprint density at radius 3 is 2.71 bits per heavy atom. The van der Waals surface area contributed by atoms with E-state index in [0.717, 1.165) is 0 Å². The highest BCUT2D eigenvalue weighted by molar-refractivity contribution is 8.13. The van der Waals surface area contributed by atoms with Crippen molar-refractivity contribution in [1.29, 1.82) is 0 Å². The van der Waals surface area contributed by atoms with E-state index in [1.807, 2.05) is 6.07 Å². The van der Waals surface area contributed by atoms with Crippen molar-refractivity contribution in [3.8, 4) is 0 Å². The number of benzene rings is 1. The fourth-order valence-electron chi connectivity index (χ4n) is 1.02. The van der Waals surface area contributed by atoms with Crippen molar-refractivity contribution in [3.63, 3.8) is 0 Å². The van der Waals surface area contributed by atoms with Gasteiger partial charge in [-0.15, -0.1) is 6.58 Å². The van der Waals surface area contributed by atoms with Crippen molar-refractivity contribution in [2.75, 3.05) is 6.61 Å². The van der Waals surface area contributed by atoms with Crippen LogP contribution in [0.15, 0.2) is 55.4 Å². The molecule has 1 aromatic carbocycles. The summed E-state index contributed by atoms with van der Waals surface area (Å²) in [6.07, 6.45) is 1.56. The lowest BCUT2D eigenvalue weighted by Gasteiger charge is -2.18. The molecule has 1 atom stereocenters. The van der Waals surface area contributed by atoms with Gasteiger partial charge in [0.25, 0.3) is 6.49 Å². The Labute approximate surface area is 106 Å². The first-order valence-electron chi connectivity index (χ1n) is 4.82. The molecule has 0 bridgehead atoms. The van der Waals surface area contributed by atoms with Gasteiger partial charge in [0.1, 0.15) is 0 Å². The van der Waals surface area contributed by atoms with Gasteiger partial charge in [0.15, 0.2) is 0 Å². The summed E-state index contributed by atoms with van der Waals surface area (Å²) < 4.78 is 5.19. The van der Waals surface area contributed by atoms with E-state index in [-0.39, 0.29) is 5.88 Å². The molecular formula is C11H14NO3PS. The minimum atomic E-state index is -3.08. The fraction of sp³-hybridized carbons (Fsp3) is 0.0909. The quantitative estimate of drug-likeness (QED) is 0.260. The van der Waals surface area contributed by atoms with Gasteiger partial charge in [0, 0.05) is 5.30 Å². The second-order valence-electron chi connectivity index (χ2n) is 3.07. The predicted octanol–water partition coefficient (Wildman–Crippen LogP) is 1.81. The first-order chi connectivity index (χ1) is 8.06. The first-order valence-corrected chi connectivity index (χ1v) is 7.49. The van der Waals surface area contributed by atoms with Crippen LogP contribution in [-0.4, -0.2) is 11.5 Å². The van der Waals surface area contributed by atoms with Crippen molar-refractivity contribution >= 4 is 23.6 Å². The SMILES string of the molecule is C=CCONC(=C)OP(O)(=S)c1ccccc1. The summed E-state index contributed by atoms with van der Waals surface area (Å²) in [5, 5.41) is 0.557. The van der Waals surface area contributed by atoms with E-state index in [2.05, 4.69) is 18.6 Å². The van der Waals surface area contributed by atoms with Gasteiger partial charge in [0.05, 0.1) is 6.61 Å². The molecule has 17 heavy (non-hydrogen) atoms. The Morgan fingerprint density at radius 2 is 2.12 bits per heavy atom. The van der Waals surface area contributed by atoms with Crippen molar-refractivity contribution in [1.82, 2.24) is 5.48 Å². The van der Waals surface area contributed by atoms with Gasteiger partial charge in [-0.3, -0.25) is 4.84 Å². The zero-order chi connectivity index (χ0) is 12.7. The van der Waals surface area contributed by atoms with Gasteiger partial charge in [-0.05, 0) is 30.5 Å². The van der Waals surface area contributed by atoms with Gasteiger partial charge >= 0.3 is 0 Å². The molecule has 0 aliphatic rings. The molecule has 1 aromatic rings. The summed E-state index contributed by atoms with van der Waals surface area (Å²) >= 11 is 5.03. The lowest BCUT2D eigenvalue weighted by molar-refractivity contribution is 0.0586.